The van der Waals surface area contributed by atoms with E-state index >= 15 is 0 Å². The number of benzene rings is 1. The molecule has 2 nitrogen and oxygen atoms in total. The minimum atomic E-state index is -0.462. The lowest BCUT2D eigenvalue weighted by Crippen LogP contribution is -2.06. The Morgan fingerprint density at radius 2 is 2.00 bits per heavy atom. The fraction of sp³-hybridized carbons (Fsp3) is 0.111. The van der Waals surface area contributed by atoms with Gasteiger partial charge in [0.1, 0.15) is 5.75 Å². The molecule has 0 heterocycles. The highest BCUT2D eigenvalue weighted by molar-refractivity contribution is 6.35. The lowest BCUT2D eigenvalue weighted by atomic mass is 10.1. The highest BCUT2D eigenvalue weighted by Gasteiger charge is 2.11. The number of phenolic OH excluding ortho intramolecular Hbond substituents is 1. The van der Waals surface area contributed by atoms with Gasteiger partial charge in [-0.25, -0.2) is 0 Å². The third-order valence-electron chi connectivity index (χ3n) is 1.67. The minimum absolute atomic E-state index is 0. The van der Waals surface area contributed by atoms with E-state index in [1.54, 1.807) is 6.07 Å². The van der Waals surface area contributed by atoms with Gasteiger partial charge in [-0.1, -0.05) is 29.3 Å². The van der Waals surface area contributed by atoms with Gasteiger partial charge in [-0.2, -0.15) is 0 Å². The summed E-state index contributed by atoms with van der Waals surface area (Å²) >= 11 is 11.4. The van der Waals surface area contributed by atoms with E-state index < -0.39 is 6.04 Å². The second-order valence-electron chi connectivity index (χ2n) is 2.59. The van der Waals surface area contributed by atoms with Crippen LogP contribution in [0.4, 0.5) is 0 Å². The van der Waals surface area contributed by atoms with Gasteiger partial charge in [0, 0.05) is 10.6 Å². The molecular weight excluding hydrogens is 244 g/mol. The molecule has 0 bridgehead atoms. The van der Waals surface area contributed by atoms with Crippen LogP contribution >= 0.6 is 35.6 Å². The van der Waals surface area contributed by atoms with E-state index in [-0.39, 0.29) is 23.2 Å². The number of phenols is 1. The molecule has 0 saturated heterocycles. The van der Waals surface area contributed by atoms with Crippen LogP contribution in [-0.2, 0) is 0 Å². The molecule has 1 atom stereocenters. The van der Waals surface area contributed by atoms with Crippen LogP contribution in [0, 0.1) is 0 Å². The zero-order valence-electron chi connectivity index (χ0n) is 7.21. The Morgan fingerprint density at radius 1 is 1.43 bits per heavy atom. The molecule has 0 aliphatic carbocycles. The quantitative estimate of drug-likeness (QED) is 0.796. The summed E-state index contributed by atoms with van der Waals surface area (Å²) in [5.41, 5.74) is 6.12. The highest BCUT2D eigenvalue weighted by atomic mass is 35.5. The summed E-state index contributed by atoms with van der Waals surface area (Å²) in [6, 6.07) is 2.56. The van der Waals surface area contributed by atoms with Crippen LogP contribution in [-0.4, -0.2) is 5.11 Å². The summed E-state index contributed by atoms with van der Waals surface area (Å²) in [4.78, 5) is 0. The molecule has 0 fully saturated rings. The van der Waals surface area contributed by atoms with Crippen LogP contribution in [0.3, 0.4) is 0 Å². The molecule has 1 rings (SSSR count). The summed E-state index contributed by atoms with van der Waals surface area (Å²) in [6.45, 7) is 3.52. The Bertz CT molecular complexity index is 341. The van der Waals surface area contributed by atoms with Crippen LogP contribution in [0.15, 0.2) is 24.8 Å². The third kappa shape index (κ3) is 2.79. The lowest BCUT2D eigenvalue weighted by molar-refractivity contribution is 0.466. The number of hydrogen-bond acceptors (Lipinski definition) is 2. The van der Waals surface area contributed by atoms with Crippen molar-refractivity contribution >= 4 is 35.6 Å². The minimum Gasteiger partial charge on any atom is -0.506 e. The molecule has 0 aliphatic heterocycles. The van der Waals surface area contributed by atoms with E-state index in [1.807, 2.05) is 0 Å². The number of rotatable bonds is 2. The van der Waals surface area contributed by atoms with Gasteiger partial charge in [0.05, 0.1) is 11.1 Å². The second kappa shape index (κ2) is 5.47. The van der Waals surface area contributed by atoms with Gasteiger partial charge in [-0.15, -0.1) is 19.0 Å². The van der Waals surface area contributed by atoms with Crippen molar-refractivity contribution in [2.24, 2.45) is 5.73 Å². The lowest BCUT2D eigenvalue weighted by Gasteiger charge is -2.10. The molecule has 3 N–H and O–H groups in total. The van der Waals surface area contributed by atoms with Gasteiger partial charge in [0.25, 0.3) is 0 Å². The first-order valence-electron chi connectivity index (χ1n) is 3.62. The van der Waals surface area contributed by atoms with Crippen molar-refractivity contribution in [1.82, 2.24) is 0 Å². The van der Waals surface area contributed by atoms with Crippen LogP contribution in [0.5, 0.6) is 5.75 Å². The Labute approximate surface area is 98.7 Å². The molecule has 14 heavy (non-hydrogen) atoms. The summed E-state index contributed by atoms with van der Waals surface area (Å²) in [7, 11) is 0. The van der Waals surface area contributed by atoms with E-state index in [9.17, 15) is 5.11 Å². The SMILES string of the molecule is C=C[C@@H](N)c1cc(Cl)cc(Cl)c1O.Cl. The number of aromatic hydroxyl groups is 1. The molecule has 0 aromatic heterocycles. The average Bonchev–Trinajstić information content (AvgIpc) is 2.10. The first-order chi connectivity index (χ1) is 6.06. The molecule has 0 amide bonds. The summed E-state index contributed by atoms with van der Waals surface area (Å²) < 4.78 is 0. The van der Waals surface area contributed by atoms with E-state index in [1.165, 1.54) is 12.1 Å². The van der Waals surface area contributed by atoms with Gasteiger partial charge < -0.3 is 10.8 Å². The summed E-state index contributed by atoms with van der Waals surface area (Å²) in [5, 5.41) is 10.1. The Balaban J connectivity index is 0.00000169. The Kier molecular flexibility index (Phi) is 5.31. The van der Waals surface area contributed by atoms with Crippen molar-refractivity contribution in [2.45, 2.75) is 6.04 Å². The molecule has 1 aromatic carbocycles. The molecule has 0 saturated carbocycles. The van der Waals surface area contributed by atoms with E-state index in [0.29, 0.717) is 10.6 Å². The zero-order chi connectivity index (χ0) is 10.0. The van der Waals surface area contributed by atoms with Crippen molar-refractivity contribution in [3.8, 4) is 5.75 Å². The van der Waals surface area contributed by atoms with Crippen molar-refractivity contribution < 1.29 is 5.11 Å². The molecule has 1 aromatic rings. The molecule has 0 radical (unpaired) electrons. The standard InChI is InChI=1S/C9H9Cl2NO.ClH/c1-2-8(12)6-3-5(10)4-7(11)9(6)13;/h2-4,8,13H,1,12H2;1H/t8-;/m1./s1. The first kappa shape index (κ1) is 13.6. The fourth-order valence-corrected chi connectivity index (χ4v) is 1.48. The molecule has 78 valence electrons. The average molecular weight is 255 g/mol. The molecule has 0 aliphatic rings. The smallest absolute Gasteiger partial charge is 0.139 e. The maximum absolute atomic E-state index is 9.51. The van der Waals surface area contributed by atoms with Crippen molar-refractivity contribution in [3.05, 3.63) is 40.4 Å². The summed E-state index contributed by atoms with van der Waals surface area (Å²) in [6.07, 6.45) is 1.50. The fourth-order valence-electron chi connectivity index (χ4n) is 0.967. The van der Waals surface area contributed by atoms with Crippen LogP contribution in [0.1, 0.15) is 11.6 Å². The normalized spacial score (nSPS) is 11.6. The van der Waals surface area contributed by atoms with Crippen LogP contribution < -0.4 is 5.73 Å². The van der Waals surface area contributed by atoms with Crippen LogP contribution in [0.2, 0.25) is 10.0 Å². The number of halogens is 3. The Morgan fingerprint density at radius 3 is 2.50 bits per heavy atom. The molecule has 5 heteroatoms. The van der Waals surface area contributed by atoms with E-state index in [0.717, 1.165) is 0 Å². The van der Waals surface area contributed by atoms with E-state index in [4.69, 9.17) is 28.9 Å². The van der Waals surface area contributed by atoms with Crippen molar-refractivity contribution in [2.75, 3.05) is 0 Å². The predicted octanol–water partition coefficient (Wildman–Crippen LogP) is 3.31. The molecule has 0 spiro atoms. The van der Waals surface area contributed by atoms with Gasteiger partial charge in [0.2, 0.25) is 0 Å². The second-order valence-corrected chi connectivity index (χ2v) is 3.43. The van der Waals surface area contributed by atoms with Gasteiger partial charge in [0.15, 0.2) is 0 Å². The Hall–Kier alpha value is -0.410. The largest absolute Gasteiger partial charge is 0.506 e. The predicted molar refractivity (Wildman–Crippen MR) is 62.5 cm³/mol. The number of nitrogens with two attached hydrogens (primary N) is 1. The molecular formula is C9H10Cl3NO. The van der Waals surface area contributed by atoms with Gasteiger partial charge in [-0.3, -0.25) is 0 Å². The van der Waals surface area contributed by atoms with Gasteiger partial charge in [-0.05, 0) is 12.1 Å². The highest BCUT2D eigenvalue weighted by Crippen LogP contribution is 2.34. The van der Waals surface area contributed by atoms with Crippen LogP contribution in [0.25, 0.3) is 0 Å². The molecule has 0 unspecified atom stereocenters. The first-order valence-corrected chi connectivity index (χ1v) is 4.38. The van der Waals surface area contributed by atoms with Crippen molar-refractivity contribution in [1.29, 1.82) is 0 Å². The maximum Gasteiger partial charge on any atom is 0.139 e. The zero-order valence-corrected chi connectivity index (χ0v) is 9.53. The third-order valence-corrected chi connectivity index (χ3v) is 2.18. The van der Waals surface area contributed by atoms with Gasteiger partial charge >= 0.3 is 0 Å². The topological polar surface area (TPSA) is 46.2 Å². The monoisotopic (exact) mass is 253 g/mol. The number of hydrogen-bond donors (Lipinski definition) is 2. The van der Waals surface area contributed by atoms with E-state index in [2.05, 4.69) is 6.58 Å². The van der Waals surface area contributed by atoms with Crippen molar-refractivity contribution in [3.63, 3.8) is 0 Å². The summed E-state index contributed by atoms with van der Waals surface area (Å²) in [5.74, 6) is -0.0431. The maximum atomic E-state index is 9.51.